The third kappa shape index (κ3) is 3.07. The minimum absolute atomic E-state index is 0.214. The molecule has 1 fully saturated rings. The highest BCUT2D eigenvalue weighted by atomic mass is 16.5. The van der Waals surface area contributed by atoms with Crippen LogP contribution in [0.15, 0.2) is 11.1 Å². The third-order valence-electron chi connectivity index (χ3n) is 3.80. The Bertz CT molecular complexity index is 740. The van der Waals surface area contributed by atoms with Gasteiger partial charge in [-0.05, 0) is 5.92 Å². The van der Waals surface area contributed by atoms with Gasteiger partial charge in [0, 0.05) is 13.0 Å². The zero-order valence-corrected chi connectivity index (χ0v) is 13.1. The van der Waals surface area contributed by atoms with Gasteiger partial charge in [0.2, 0.25) is 5.95 Å². The molecule has 9 nitrogen and oxygen atoms in total. The van der Waals surface area contributed by atoms with Gasteiger partial charge >= 0.3 is 0 Å². The van der Waals surface area contributed by atoms with Gasteiger partial charge in [0.15, 0.2) is 11.2 Å². The van der Waals surface area contributed by atoms with E-state index >= 15 is 0 Å². The SMILES string of the molecule is CC(C)CNc1nc2c(ncn2[C@@H]2C[C@H](O)[C@H](CO)O2)c(=O)[nH]1. The number of ether oxygens (including phenoxy) is 1. The summed E-state index contributed by atoms with van der Waals surface area (Å²) in [4.78, 5) is 23.2. The van der Waals surface area contributed by atoms with Crippen LogP contribution < -0.4 is 10.9 Å². The predicted octanol–water partition coefficient (Wildman–Crippen LogP) is -0.172. The van der Waals surface area contributed by atoms with Gasteiger partial charge in [0.05, 0.1) is 19.0 Å². The molecule has 2 aromatic heterocycles. The number of aromatic amines is 1. The molecule has 0 bridgehead atoms. The largest absolute Gasteiger partial charge is 0.394 e. The molecule has 1 aliphatic heterocycles. The van der Waals surface area contributed by atoms with Gasteiger partial charge in [0.25, 0.3) is 5.56 Å². The number of aromatic nitrogens is 4. The van der Waals surface area contributed by atoms with Crippen molar-refractivity contribution in [1.29, 1.82) is 0 Å². The normalized spacial score (nSPS) is 24.7. The van der Waals surface area contributed by atoms with Crippen LogP contribution in [0.1, 0.15) is 26.5 Å². The average Bonchev–Trinajstić information content (AvgIpc) is 3.08. The number of aliphatic hydroxyl groups excluding tert-OH is 2. The van der Waals surface area contributed by atoms with E-state index < -0.39 is 18.4 Å². The highest BCUT2D eigenvalue weighted by Crippen LogP contribution is 2.30. The van der Waals surface area contributed by atoms with Crippen molar-refractivity contribution in [3.8, 4) is 0 Å². The first-order valence-corrected chi connectivity index (χ1v) is 7.64. The summed E-state index contributed by atoms with van der Waals surface area (Å²) in [5.41, 5.74) is 0.263. The van der Waals surface area contributed by atoms with Crippen LogP contribution in [0.3, 0.4) is 0 Å². The summed E-state index contributed by atoms with van der Waals surface area (Å²) in [7, 11) is 0. The zero-order chi connectivity index (χ0) is 16.6. The predicted molar refractivity (Wildman–Crippen MR) is 83.1 cm³/mol. The summed E-state index contributed by atoms with van der Waals surface area (Å²) in [6.07, 6.45) is -0.142. The van der Waals surface area contributed by atoms with Crippen molar-refractivity contribution in [1.82, 2.24) is 19.5 Å². The lowest BCUT2D eigenvalue weighted by atomic mass is 10.2. The Morgan fingerprint density at radius 1 is 1.57 bits per heavy atom. The second-order valence-corrected chi connectivity index (χ2v) is 6.13. The average molecular weight is 323 g/mol. The van der Waals surface area contributed by atoms with Crippen molar-refractivity contribution in [3.63, 3.8) is 0 Å². The molecule has 3 atom stereocenters. The first-order chi connectivity index (χ1) is 11.0. The summed E-state index contributed by atoms with van der Waals surface area (Å²) < 4.78 is 7.22. The lowest BCUT2D eigenvalue weighted by molar-refractivity contribution is -0.0432. The number of nitrogens with one attached hydrogen (secondary N) is 2. The molecule has 1 aliphatic rings. The van der Waals surface area contributed by atoms with Gasteiger partial charge in [-0.3, -0.25) is 14.3 Å². The van der Waals surface area contributed by atoms with E-state index in [9.17, 15) is 15.0 Å². The molecular formula is C14H21N5O4. The fourth-order valence-corrected chi connectivity index (χ4v) is 2.57. The van der Waals surface area contributed by atoms with Crippen LogP contribution >= 0.6 is 0 Å². The van der Waals surface area contributed by atoms with Crippen LogP contribution in [0, 0.1) is 5.92 Å². The number of H-pyrrole nitrogens is 1. The van der Waals surface area contributed by atoms with Crippen LogP contribution in [0.25, 0.3) is 11.2 Å². The number of nitrogens with zero attached hydrogens (tertiary/aromatic N) is 3. The van der Waals surface area contributed by atoms with E-state index in [4.69, 9.17) is 4.74 Å². The van der Waals surface area contributed by atoms with Crippen molar-refractivity contribution in [2.24, 2.45) is 5.92 Å². The Hall–Kier alpha value is -1.97. The van der Waals surface area contributed by atoms with Crippen LogP contribution in [0.2, 0.25) is 0 Å². The second kappa shape index (κ2) is 6.26. The van der Waals surface area contributed by atoms with Gasteiger partial charge in [0.1, 0.15) is 12.3 Å². The van der Waals surface area contributed by atoms with E-state index in [1.807, 2.05) is 0 Å². The maximum absolute atomic E-state index is 12.1. The molecule has 0 unspecified atom stereocenters. The number of anilines is 1. The molecular weight excluding hydrogens is 302 g/mol. The van der Waals surface area contributed by atoms with Crippen LogP contribution in [-0.4, -0.2) is 55.1 Å². The van der Waals surface area contributed by atoms with E-state index in [0.29, 0.717) is 30.5 Å². The van der Waals surface area contributed by atoms with E-state index in [1.54, 1.807) is 4.57 Å². The monoisotopic (exact) mass is 323 g/mol. The quantitative estimate of drug-likeness (QED) is 0.602. The standard InChI is InChI=1S/C14H21N5O4/c1-7(2)4-15-14-17-12-11(13(22)18-14)16-6-19(12)10-3-8(21)9(5-20)23-10/h6-10,20-21H,3-5H2,1-2H3,(H2,15,17,18,22)/t8-,9-,10-/m0/s1. The molecule has 0 radical (unpaired) electrons. The summed E-state index contributed by atoms with van der Waals surface area (Å²) in [6.45, 7) is 4.51. The third-order valence-corrected chi connectivity index (χ3v) is 3.80. The Kier molecular flexibility index (Phi) is 4.33. The molecule has 2 aromatic rings. The van der Waals surface area contributed by atoms with Crippen molar-refractivity contribution in [2.75, 3.05) is 18.5 Å². The van der Waals surface area contributed by atoms with Gasteiger partial charge < -0.3 is 20.3 Å². The highest BCUT2D eigenvalue weighted by Gasteiger charge is 2.35. The van der Waals surface area contributed by atoms with Gasteiger partial charge in [-0.25, -0.2) is 4.98 Å². The minimum Gasteiger partial charge on any atom is -0.394 e. The van der Waals surface area contributed by atoms with Crippen LogP contribution in [-0.2, 0) is 4.74 Å². The molecule has 0 saturated carbocycles. The summed E-state index contributed by atoms with van der Waals surface area (Å²) >= 11 is 0. The Morgan fingerprint density at radius 3 is 3.00 bits per heavy atom. The Balaban J connectivity index is 1.94. The molecule has 3 heterocycles. The molecule has 0 aliphatic carbocycles. The van der Waals surface area contributed by atoms with Gasteiger partial charge in [-0.2, -0.15) is 4.98 Å². The van der Waals surface area contributed by atoms with E-state index in [2.05, 4.69) is 34.1 Å². The number of hydrogen-bond acceptors (Lipinski definition) is 7. The highest BCUT2D eigenvalue weighted by molar-refractivity contribution is 5.70. The summed E-state index contributed by atoms with van der Waals surface area (Å²) in [5, 5.41) is 22.1. The number of fused-ring (bicyclic) bond motifs is 1. The van der Waals surface area contributed by atoms with Crippen molar-refractivity contribution >= 4 is 17.1 Å². The molecule has 3 rings (SSSR count). The molecule has 0 spiro atoms. The van der Waals surface area contributed by atoms with Gasteiger partial charge in [-0.15, -0.1) is 0 Å². The Labute approximate surface area is 132 Å². The first kappa shape index (κ1) is 15.9. The lowest BCUT2D eigenvalue weighted by Gasteiger charge is -2.14. The summed E-state index contributed by atoms with van der Waals surface area (Å²) in [5.74, 6) is 0.773. The number of hydrogen-bond donors (Lipinski definition) is 4. The molecule has 0 aromatic carbocycles. The lowest BCUT2D eigenvalue weighted by Crippen LogP contribution is -2.24. The number of rotatable bonds is 5. The van der Waals surface area contributed by atoms with Crippen LogP contribution in [0.5, 0.6) is 0 Å². The second-order valence-electron chi connectivity index (χ2n) is 6.13. The van der Waals surface area contributed by atoms with E-state index in [1.165, 1.54) is 6.33 Å². The molecule has 126 valence electrons. The fraction of sp³-hybridized carbons (Fsp3) is 0.643. The topological polar surface area (TPSA) is 125 Å². The number of imidazole rings is 1. The summed E-state index contributed by atoms with van der Waals surface area (Å²) in [6, 6.07) is 0. The van der Waals surface area contributed by atoms with Crippen molar-refractivity contribution in [2.45, 2.75) is 38.7 Å². The number of aliphatic hydroxyl groups is 2. The maximum Gasteiger partial charge on any atom is 0.280 e. The van der Waals surface area contributed by atoms with Crippen molar-refractivity contribution in [3.05, 3.63) is 16.7 Å². The molecule has 0 amide bonds. The van der Waals surface area contributed by atoms with E-state index in [0.717, 1.165) is 0 Å². The molecule has 23 heavy (non-hydrogen) atoms. The zero-order valence-electron chi connectivity index (χ0n) is 13.1. The smallest absolute Gasteiger partial charge is 0.280 e. The molecule has 9 heteroatoms. The van der Waals surface area contributed by atoms with Crippen LogP contribution in [0.4, 0.5) is 5.95 Å². The van der Waals surface area contributed by atoms with E-state index in [-0.39, 0.29) is 17.7 Å². The minimum atomic E-state index is -0.761. The van der Waals surface area contributed by atoms with Gasteiger partial charge in [-0.1, -0.05) is 13.8 Å². The Morgan fingerprint density at radius 2 is 2.35 bits per heavy atom. The maximum atomic E-state index is 12.1. The first-order valence-electron chi connectivity index (χ1n) is 7.64. The van der Waals surface area contributed by atoms with Crippen molar-refractivity contribution < 1.29 is 14.9 Å². The molecule has 4 N–H and O–H groups in total. The molecule has 1 saturated heterocycles. The fourth-order valence-electron chi connectivity index (χ4n) is 2.57.